The number of carbonyl (C=O) groups is 1. The maximum absolute atomic E-state index is 11.7. The lowest BCUT2D eigenvalue weighted by Crippen LogP contribution is -2.52. The van der Waals surface area contributed by atoms with Gasteiger partial charge in [0.1, 0.15) is 5.75 Å². The molecule has 0 radical (unpaired) electrons. The molecule has 0 saturated carbocycles. The number of hydrogen-bond acceptors (Lipinski definition) is 4. The Morgan fingerprint density at radius 2 is 1.75 bits per heavy atom. The average molecular weight is 551 g/mol. The minimum atomic E-state index is 0. The maximum Gasteiger partial charge on any atom is 0.224 e. The number of para-hydroxylation sites is 2. The molecule has 7 nitrogen and oxygen atoms in total. The number of guanidine groups is 1. The molecule has 3 rings (SSSR count). The summed E-state index contributed by atoms with van der Waals surface area (Å²) in [4.78, 5) is 20.8. The van der Waals surface area contributed by atoms with Crippen molar-refractivity contribution in [2.75, 3.05) is 50.6 Å². The van der Waals surface area contributed by atoms with E-state index in [1.165, 1.54) is 0 Å². The fraction of sp³-hybridized carbons (Fsp3) is 0.417. The number of hydrogen-bond donors (Lipinski definition) is 2. The number of carbonyl (C=O) groups excluding carboxylic acids is 1. The van der Waals surface area contributed by atoms with Gasteiger partial charge >= 0.3 is 0 Å². The molecule has 0 atom stereocenters. The van der Waals surface area contributed by atoms with Crippen molar-refractivity contribution in [1.82, 2.24) is 10.2 Å². The summed E-state index contributed by atoms with van der Waals surface area (Å²) in [5.74, 6) is 1.87. The fourth-order valence-electron chi connectivity index (χ4n) is 3.72. The van der Waals surface area contributed by atoms with E-state index in [1.807, 2.05) is 56.4 Å². The second kappa shape index (κ2) is 13.1. The lowest BCUT2D eigenvalue weighted by atomic mass is 10.2. The summed E-state index contributed by atoms with van der Waals surface area (Å²) < 4.78 is 5.51. The summed E-state index contributed by atoms with van der Waals surface area (Å²) in [5, 5.41) is 6.38. The van der Waals surface area contributed by atoms with Crippen molar-refractivity contribution >= 4 is 47.2 Å². The molecule has 1 amide bonds. The molecule has 174 valence electrons. The molecule has 8 heteroatoms. The van der Waals surface area contributed by atoms with E-state index >= 15 is 0 Å². The van der Waals surface area contributed by atoms with Gasteiger partial charge in [0.15, 0.2) is 5.96 Å². The summed E-state index contributed by atoms with van der Waals surface area (Å²) in [6.07, 6.45) is 1.39. The van der Waals surface area contributed by atoms with Crippen LogP contribution < -0.4 is 20.3 Å². The molecule has 1 heterocycles. The van der Waals surface area contributed by atoms with Gasteiger partial charge in [0.2, 0.25) is 5.91 Å². The molecule has 0 aromatic heterocycles. The Labute approximate surface area is 208 Å². The first kappa shape index (κ1) is 25.8. The minimum absolute atomic E-state index is 0. The Balaban J connectivity index is 0.00000363. The van der Waals surface area contributed by atoms with Crippen LogP contribution in [-0.2, 0) is 11.3 Å². The molecule has 1 aliphatic rings. The van der Waals surface area contributed by atoms with Crippen LogP contribution >= 0.6 is 24.0 Å². The van der Waals surface area contributed by atoms with E-state index in [-0.39, 0.29) is 29.9 Å². The van der Waals surface area contributed by atoms with Crippen LogP contribution in [0.5, 0.6) is 5.75 Å². The number of halogens is 1. The van der Waals surface area contributed by atoms with Crippen molar-refractivity contribution in [1.29, 1.82) is 0 Å². The second-order valence-corrected chi connectivity index (χ2v) is 7.54. The summed E-state index contributed by atoms with van der Waals surface area (Å²) in [5.41, 5.74) is 3.11. The molecular weight excluding hydrogens is 517 g/mol. The van der Waals surface area contributed by atoms with Crippen LogP contribution in [0.3, 0.4) is 0 Å². The quantitative estimate of drug-likeness (QED) is 0.310. The van der Waals surface area contributed by atoms with Crippen molar-refractivity contribution in [3.05, 3.63) is 54.1 Å². The second-order valence-electron chi connectivity index (χ2n) is 7.54. The molecule has 32 heavy (non-hydrogen) atoms. The van der Waals surface area contributed by atoms with Gasteiger partial charge in [-0.05, 0) is 36.2 Å². The standard InChI is InChI=1S/C24H33N5O2.HI/c1-4-7-23(30)27-20-12-10-19(11-13-20)18-26-24(25-2)29-16-14-28(15-17-29)21-8-5-6-9-22(21)31-3;/h5-6,8-13H,4,7,14-18H2,1-3H3,(H,25,26)(H,27,30);1H. The molecule has 1 aliphatic heterocycles. The number of methoxy groups -OCH3 is 1. The van der Waals surface area contributed by atoms with Gasteiger partial charge in [0, 0.05) is 51.9 Å². The van der Waals surface area contributed by atoms with Crippen LogP contribution in [-0.4, -0.2) is 57.1 Å². The van der Waals surface area contributed by atoms with E-state index in [0.29, 0.717) is 13.0 Å². The molecule has 0 spiro atoms. The maximum atomic E-state index is 11.7. The molecule has 2 aromatic carbocycles. The summed E-state index contributed by atoms with van der Waals surface area (Å²) in [6, 6.07) is 16.1. The van der Waals surface area contributed by atoms with Gasteiger partial charge in [0.05, 0.1) is 12.8 Å². The highest BCUT2D eigenvalue weighted by Gasteiger charge is 2.21. The topological polar surface area (TPSA) is 69.2 Å². The number of benzene rings is 2. The van der Waals surface area contributed by atoms with E-state index < -0.39 is 0 Å². The zero-order valence-corrected chi connectivity index (χ0v) is 21.5. The SMILES string of the molecule is CCCC(=O)Nc1ccc(CNC(=NC)N2CCN(c3ccccc3OC)CC2)cc1.I. The van der Waals surface area contributed by atoms with Gasteiger partial charge in [-0.25, -0.2) is 0 Å². The van der Waals surface area contributed by atoms with Crippen LogP contribution in [0, 0.1) is 0 Å². The van der Waals surface area contributed by atoms with Gasteiger partial charge in [-0.15, -0.1) is 24.0 Å². The largest absolute Gasteiger partial charge is 0.495 e. The van der Waals surface area contributed by atoms with Crippen molar-refractivity contribution < 1.29 is 9.53 Å². The highest BCUT2D eigenvalue weighted by Crippen LogP contribution is 2.28. The first-order valence-corrected chi connectivity index (χ1v) is 10.9. The summed E-state index contributed by atoms with van der Waals surface area (Å²) in [6.45, 7) is 6.28. The van der Waals surface area contributed by atoms with Crippen molar-refractivity contribution in [2.45, 2.75) is 26.3 Å². The third-order valence-corrected chi connectivity index (χ3v) is 5.38. The van der Waals surface area contributed by atoms with Gasteiger partial charge in [-0.3, -0.25) is 9.79 Å². The van der Waals surface area contributed by atoms with Gasteiger partial charge in [-0.1, -0.05) is 31.2 Å². The predicted molar refractivity (Wildman–Crippen MR) is 142 cm³/mol. The molecule has 0 aliphatic carbocycles. The lowest BCUT2D eigenvalue weighted by Gasteiger charge is -2.38. The number of rotatable bonds is 7. The fourth-order valence-corrected chi connectivity index (χ4v) is 3.72. The zero-order valence-electron chi connectivity index (χ0n) is 19.1. The van der Waals surface area contributed by atoms with Crippen LogP contribution in [0.1, 0.15) is 25.3 Å². The van der Waals surface area contributed by atoms with Gasteiger partial charge in [-0.2, -0.15) is 0 Å². The Kier molecular flexibility index (Phi) is 10.6. The van der Waals surface area contributed by atoms with Gasteiger partial charge in [0.25, 0.3) is 0 Å². The van der Waals surface area contributed by atoms with Crippen molar-refractivity contribution in [2.24, 2.45) is 4.99 Å². The number of aliphatic imine (C=N–C) groups is 1. The first-order chi connectivity index (χ1) is 15.1. The predicted octanol–water partition coefficient (Wildman–Crippen LogP) is 3.95. The third kappa shape index (κ3) is 7.01. The van der Waals surface area contributed by atoms with E-state index in [9.17, 15) is 4.79 Å². The highest BCUT2D eigenvalue weighted by molar-refractivity contribution is 14.0. The van der Waals surface area contributed by atoms with Crippen molar-refractivity contribution in [3.63, 3.8) is 0 Å². The minimum Gasteiger partial charge on any atom is -0.495 e. The number of piperazine rings is 1. The number of nitrogens with zero attached hydrogens (tertiary/aromatic N) is 3. The first-order valence-electron chi connectivity index (χ1n) is 10.9. The molecule has 2 aromatic rings. The molecule has 1 fully saturated rings. The molecular formula is C24H34IN5O2. The Morgan fingerprint density at radius 1 is 1.06 bits per heavy atom. The lowest BCUT2D eigenvalue weighted by molar-refractivity contribution is -0.116. The third-order valence-electron chi connectivity index (χ3n) is 5.38. The van der Waals surface area contributed by atoms with Crippen LogP contribution in [0.4, 0.5) is 11.4 Å². The van der Waals surface area contributed by atoms with Crippen LogP contribution in [0.25, 0.3) is 0 Å². The normalized spacial score (nSPS) is 13.9. The van der Waals surface area contributed by atoms with Crippen molar-refractivity contribution in [3.8, 4) is 5.75 Å². The Morgan fingerprint density at radius 3 is 2.38 bits per heavy atom. The number of ether oxygens (including phenoxy) is 1. The molecule has 1 saturated heterocycles. The average Bonchev–Trinajstić information content (AvgIpc) is 2.81. The van der Waals surface area contributed by atoms with Crippen LogP contribution in [0.2, 0.25) is 0 Å². The van der Waals surface area contributed by atoms with E-state index in [2.05, 4.69) is 31.5 Å². The van der Waals surface area contributed by atoms with Crippen LogP contribution in [0.15, 0.2) is 53.5 Å². The number of nitrogens with one attached hydrogen (secondary N) is 2. The summed E-state index contributed by atoms with van der Waals surface area (Å²) >= 11 is 0. The summed E-state index contributed by atoms with van der Waals surface area (Å²) in [7, 11) is 3.54. The Hall–Kier alpha value is -2.49. The highest BCUT2D eigenvalue weighted by atomic mass is 127. The molecule has 0 unspecified atom stereocenters. The van der Waals surface area contributed by atoms with E-state index in [4.69, 9.17) is 4.74 Å². The van der Waals surface area contributed by atoms with E-state index in [0.717, 1.165) is 61.2 Å². The van der Waals surface area contributed by atoms with Gasteiger partial charge < -0.3 is 25.2 Å². The monoisotopic (exact) mass is 551 g/mol. The zero-order chi connectivity index (χ0) is 22.1. The van der Waals surface area contributed by atoms with E-state index in [1.54, 1.807) is 7.11 Å². The smallest absolute Gasteiger partial charge is 0.224 e. The molecule has 2 N–H and O–H groups in total. The number of amides is 1. The Bertz CT molecular complexity index is 880. The number of anilines is 2. The molecule has 0 bridgehead atoms.